The molecule has 1 aromatic carbocycles. The Bertz CT molecular complexity index is 812. The standard InChI is InChI=1S/C20H23ClN4O2/c1-26-18-10-15(9-17(21)20(18)27-2)13-23-16-5-7-25(8-6-16)19-4-3-14(11-22)12-24-19/h3-4,9-10,12,16,23H,5-8,13H2,1-2H3. The van der Waals surface area contributed by atoms with E-state index >= 15 is 0 Å². The molecule has 1 N–H and O–H groups in total. The summed E-state index contributed by atoms with van der Waals surface area (Å²) in [6, 6.07) is 10.1. The highest BCUT2D eigenvalue weighted by atomic mass is 35.5. The van der Waals surface area contributed by atoms with Gasteiger partial charge in [0.25, 0.3) is 0 Å². The monoisotopic (exact) mass is 386 g/mol. The Morgan fingerprint density at radius 3 is 2.63 bits per heavy atom. The molecule has 0 saturated carbocycles. The molecule has 1 aromatic heterocycles. The second-order valence-electron chi connectivity index (χ2n) is 6.47. The largest absolute Gasteiger partial charge is 0.493 e. The van der Waals surface area contributed by atoms with E-state index in [1.165, 1.54) is 0 Å². The van der Waals surface area contributed by atoms with E-state index in [0.29, 0.717) is 28.1 Å². The molecule has 3 rings (SSSR count). The molecule has 0 bridgehead atoms. The fourth-order valence-electron chi connectivity index (χ4n) is 3.29. The number of piperidine rings is 1. The predicted octanol–water partition coefficient (Wildman–Crippen LogP) is 3.38. The van der Waals surface area contributed by atoms with Crippen molar-refractivity contribution in [2.24, 2.45) is 0 Å². The maximum absolute atomic E-state index is 8.87. The molecule has 2 heterocycles. The molecule has 0 radical (unpaired) electrons. The Hall–Kier alpha value is -2.49. The van der Waals surface area contributed by atoms with Gasteiger partial charge in [0, 0.05) is 31.9 Å². The van der Waals surface area contributed by atoms with Crippen LogP contribution in [-0.4, -0.2) is 38.3 Å². The van der Waals surface area contributed by atoms with Crippen LogP contribution in [0.25, 0.3) is 0 Å². The van der Waals surface area contributed by atoms with E-state index in [2.05, 4.69) is 21.3 Å². The van der Waals surface area contributed by atoms with Crippen LogP contribution in [0, 0.1) is 11.3 Å². The number of ether oxygens (including phenoxy) is 2. The normalized spacial score (nSPS) is 14.7. The van der Waals surface area contributed by atoms with Crippen molar-refractivity contribution in [3.05, 3.63) is 46.6 Å². The molecule has 1 aliphatic heterocycles. The number of halogens is 1. The third-order valence-electron chi connectivity index (χ3n) is 4.78. The summed E-state index contributed by atoms with van der Waals surface area (Å²) in [6.07, 6.45) is 3.69. The highest BCUT2D eigenvalue weighted by Gasteiger charge is 2.20. The first-order valence-corrected chi connectivity index (χ1v) is 9.27. The van der Waals surface area contributed by atoms with E-state index in [1.54, 1.807) is 20.4 Å². The van der Waals surface area contributed by atoms with Crippen LogP contribution >= 0.6 is 11.6 Å². The number of anilines is 1. The van der Waals surface area contributed by atoms with E-state index in [-0.39, 0.29) is 0 Å². The molecule has 142 valence electrons. The van der Waals surface area contributed by atoms with Gasteiger partial charge in [-0.1, -0.05) is 11.6 Å². The summed E-state index contributed by atoms with van der Waals surface area (Å²) in [7, 11) is 3.19. The SMILES string of the molecule is COc1cc(CNC2CCN(c3ccc(C#N)cn3)CC2)cc(Cl)c1OC. The van der Waals surface area contributed by atoms with Crippen molar-refractivity contribution in [3.63, 3.8) is 0 Å². The number of methoxy groups -OCH3 is 2. The van der Waals surface area contributed by atoms with Crippen molar-refractivity contribution >= 4 is 17.4 Å². The number of benzene rings is 1. The van der Waals surface area contributed by atoms with Crippen LogP contribution in [0.15, 0.2) is 30.5 Å². The summed E-state index contributed by atoms with van der Waals surface area (Å²) in [4.78, 5) is 6.64. The Kier molecular flexibility index (Phi) is 6.38. The van der Waals surface area contributed by atoms with Gasteiger partial charge in [0.1, 0.15) is 11.9 Å². The second kappa shape index (κ2) is 8.94. The van der Waals surface area contributed by atoms with E-state index in [9.17, 15) is 0 Å². The molecule has 0 atom stereocenters. The molecule has 0 spiro atoms. The smallest absolute Gasteiger partial charge is 0.179 e. The third kappa shape index (κ3) is 4.62. The summed E-state index contributed by atoms with van der Waals surface area (Å²) in [6.45, 7) is 2.59. The van der Waals surface area contributed by atoms with Crippen LogP contribution < -0.4 is 19.7 Å². The van der Waals surface area contributed by atoms with Gasteiger partial charge in [0.15, 0.2) is 11.5 Å². The van der Waals surface area contributed by atoms with Crippen LogP contribution in [0.1, 0.15) is 24.0 Å². The van der Waals surface area contributed by atoms with Gasteiger partial charge in [-0.2, -0.15) is 5.26 Å². The first-order valence-electron chi connectivity index (χ1n) is 8.89. The molecule has 6 nitrogen and oxygen atoms in total. The number of aromatic nitrogens is 1. The van der Waals surface area contributed by atoms with Gasteiger partial charge in [-0.3, -0.25) is 0 Å². The topological polar surface area (TPSA) is 70.4 Å². The number of pyridine rings is 1. The molecule has 1 aliphatic rings. The molecule has 1 saturated heterocycles. The maximum atomic E-state index is 8.87. The zero-order chi connectivity index (χ0) is 19.2. The van der Waals surface area contributed by atoms with Crippen LogP contribution in [0.3, 0.4) is 0 Å². The maximum Gasteiger partial charge on any atom is 0.179 e. The lowest BCUT2D eigenvalue weighted by molar-refractivity contribution is 0.354. The quantitative estimate of drug-likeness (QED) is 0.820. The van der Waals surface area contributed by atoms with E-state index in [0.717, 1.165) is 43.9 Å². The Labute approximate surface area is 164 Å². The van der Waals surface area contributed by atoms with Gasteiger partial charge >= 0.3 is 0 Å². The van der Waals surface area contributed by atoms with E-state index in [1.807, 2.05) is 24.3 Å². The number of hydrogen-bond acceptors (Lipinski definition) is 6. The highest BCUT2D eigenvalue weighted by molar-refractivity contribution is 6.32. The van der Waals surface area contributed by atoms with Crippen molar-refractivity contribution in [1.82, 2.24) is 10.3 Å². The van der Waals surface area contributed by atoms with Gasteiger partial charge in [-0.25, -0.2) is 4.98 Å². The summed E-state index contributed by atoms with van der Waals surface area (Å²) in [5, 5.41) is 13.0. The van der Waals surface area contributed by atoms with Crippen LogP contribution in [-0.2, 0) is 6.54 Å². The second-order valence-corrected chi connectivity index (χ2v) is 6.88. The lowest BCUT2D eigenvalue weighted by atomic mass is 10.0. The predicted molar refractivity (Wildman–Crippen MR) is 106 cm³/mol. The zero-order valence-electron chi connectivity index (χ0n) is 15.5. The molecule has 0 amide bonds. The van der Waals surface area contributed by atoms with Crippen molar-refractivity contribution in [2.45, 2.75) is 25.4 Å². The fraction of sp³-hybridized carbons (Fsp3) is 0.400. The molecule has 1 fully saturated rings. The van der Waals surface area contributed by atoms with Crippen molar-refractivity contribution in [2.75, 3.05) is 32.2 Å². The molecular formula is C20H23ClN4O2. The van der Waals surface area contributed by atoms with Gasteiger partial charge in [-0.05, 0) is 42.7 Å². The number of nitrogens with zero attached hydrogens (tertiary/aromatic N) is 3. The van der Waals surface area contributed by atoms with Crippen molar-refractivity contribution < 1.29 is 9.47 Å². The van der Waals surface area contributed by atoms with E-state index in [4.69, 9.17) is 26.3 Å². The van der Waals surface area contributed by atoms with Crippen LogP contribution in [0.2, 0.25) is 5.02 Å². The zero-order valence-corrected chi connectivity index (χ0v) is 16.3. The molecule has 0 unspecified atom stereocenters. The Morgan fingerprint density at radius 1 is 1.26 bits per heavy atom. The lowest BCUT2D eigenvalue weighted by Gasteiger charge is -2.33. The van der Waals surface area contributed by atoms with Gasteiger partial charge in [-0.15, -0.1) is 0 Å². The molecule has 27 heavy (non-hydrogen) atoms. The average Bonchev–Trinajstić information content (AvgIpc) is 2.72. The molecule has 7 heteroatoms. The van der Waals surface area contributed by atoms with Crippen LogP contribution in [0.5, 0.6) is 11.5 Å². The first-order chi connectivity index (χ1) is 13.1. The minimum atomic E-state index is 0.437. The number of nitriles is 1. The number of rotatable bonds is 6. The van der Waals surface area contributed by atoms with Gasteiger partial charge in [0.05, 0.1) is 24.8 Å². The minimum Gasteiger partial charge on any atom is -0.493 e. The summed E-state index contributed by atoms with van der Waals surface area (Å²) in [5.74, 6) is 2.13. The third-order valence-corrected chi connectivity index (χ3v) is 5.06. The number of nitrogens with one attached hydrogen (secondary N) is 1. The average molecular weight is 387 g/mol. The molecule has 0 aliphatic carbocycles. The van der Waals surface area contributed by atoms with Gasteiger partial charge < -0.3 is 19.7 Å². The summed E-state index contributed by atoms with van der Waals surface area (Å²) in [5.41, 5.74) is 1.65. The molecular weight excluding hydrogens is 364 g/mol. The van der Waals surface area contributed by atoms with Crippen molar-refractivity contribution in [1.29, 1.82) is 5.26 Å². The Balaban J connectivity index is 1.54. The minimum absolute atomic E-state index is 0.437. The highest BCUT2D eigenvalue weighted by Crippen LogP contribution is 2.36. The number of hydrogen-bond donors (Lipinski definition) is 1. The first kappa shape index (κ1) is 19.3. The van der Waals surface area contributed by atoms with Crippen molar-refractivity contribution in [3.8, 4) is 17.6 Å². The van der Waals surface area contributed by atoms with Crippen LogP contribution in [0.4, 0.5) is 5.82 Å². The van der Waals surface area contributed by atoms with Gasteiger partial charge in [0.2, 0.25) is 0 Å². The van der Waals surface area contributed by atoms with E-state index < -0.39 is 0 Å². The molecule has 2 aromatic rings. The fourth-order valence-corrected chi connectivity index (χ4v) is 3.60. The summed E-state index contributed by atoms with van der Waals surface area (Å²) < 4.78 is 10.6. The Morgan fingerprint density at radius 2 is 2.04 bits per heavy atom. The summed E-state index contributed by atoms with van der Waals surface area (Å²) >= 11 is 6.28. The lowest BCUT2D eigenvalue weighted by Crippen LogP contribution is -2.42.